The van der Waals surface area contributed by atoms with Crippen LogP contribution in [0, 0.1) is 11.6 Å². The first-order valence-corrected chi connectivity index (χ1v) is 10.1. The van der Waals surface area contributed by atoms with E-state index in [2.05, 4.69) is 25.3 Å². The molecular formula is C23H15F2N6O2+. The van der Waals surface area contributed by atoms with Gasteiger partial charge in [0, 0.05) is 5.56 Å². The molecule has 1 aliphatic heterocycles. The molecule has 0 saturated heterocycles. The molecule has 0 unspecified atom stereocenters. The number of aromatic amines is 1. The molecule has 1 N–H and O–H groups in total. The Balaban J connectivity index is 1.24. The highest BCUT2D eigenvalue weighted by molar-refractivity contribution is 5.77. The summed E-state index contributed by atoms with van der Waals surface area (Å²) >= 11 is 0. The van der Waals surface area contributed by atoms with E-state index in [1.807, 2.05) is 30.3 Å². The maximum Gasteiger partial charge on any atom is 0.231 e. The van der Waals surface area contributed by atoms with Gasteiger partial charge < -0.3 is 14.5 Å². The Kier molecular flexibility index (Phi) is 4.42. The second-order valence-corrected chi connectivity index (χ2v) is 7.43. The minimum Gasteiger partial charge on any atom is -0.454 e. The van der Waals surface area contributed by atoms with Crippen LogP contribution in [0.2, 0.25) is 0 Å². The van der Waals surface area contributed by atoms with Gasteiger partial charge >= 0.3 is 0 Å². The van der Waals surface area contributed by atoms with E-state index in [4.69, 9.17) is 9.47 Å². The fourth-order valence-corrected chi connectivity index (χ4v) is 3.63. The lowest BCUT2D eigenvalue weighted by Gasteiger charge is -2.02. The first-order valence-electron chi connectivity index (χ1n) is 10.1. The zero-order valence-electron chi connectivity index (χ0n) is 17.0. The molecule has 1 aliphatic rings. The van der Waals surface area contributed by atoms with Gasteiger partial charge in [-0.25, -0.2) is 13.8 Å². The van der Waals surface area contributed by atoms with Gasteiger partial charge in [-0.15, -0.1) is 5.10 Å². The maximum absolute atomic E-state index is 14.1. The number of rotatable bonds is 4. The zero-order valence-corrected chi connectivity index (χ0v) is 17.0. The van der Waals surface area contributed by atoms with Crippen LogP contribution in [0.15, 0.2) is 60.9 Å². The highest BCUT2D eigenvalue weighted by atomic mass is 19.2. The normalized spacial score (nSPS) is 12.4. The topological polar surface area (TPSA) is 89.7 Å². The van der Waals surface area contributed by atoms with Crippen LogP contribution < -0.4 is 14.2 Å². The number of nitrogens with zero attached hydrogens (tertiary/aromatic N) is 5. The van der Waals surface area contributed by atoms with E-state index in [9.17, 15) is 8.78 Å². The zero-order chi connectivity index (χ0) is 22.4. The summed E-state index contributed by atoms with van der Waals surface area (Å²) < 4.78 is 40.1. The van der Waals surface area contributed by atoms with Crippen LogP contribution in [0.3, 0.4) is 0 Å². The first kappa shape index (κ1) is 19.2. The molecule has 4 heterocycles. The van der Waals surface area contributed by atoms with E-state index in [1.54, 1.807) is 17.1 Å². The number of nitrogens with one attached hydrogen (secondary N) is 1. The van der Waals surface area contributed by atoms with Gasteiger partial charge in [-0.3, -0.25) is 0 Å². The molecule has 0 fully saturated rings. The minimum absolute atomic E-state index is 0.0581. The van der Waals surface area contributed by atoms with Crippen molar-refractivity contribution in [3.05, 3.63) is 78.3 Å². The summed E-state index contributed by atoms with van der Waals surface area (Å²) in [6, 6.07) is 13.3. The fourth-order valence-electron chi connectivity index (χ4n) is 3.63. The molecular weight excluding hydrogens is 430 g/mol. The molecule has 0 amide bonds. The van der Waals surface area contributed by atoms with Crippen molar-refractivity contribution in [2.24, 2.45) is 0 Å². The van der Waals surface area contributed by atoms with Crippen molar-refractivity contribution in [1.29, 1.82) is 0 Å². The SMILES string of the molecule is Fc1cccc(-c2nc3cn[n+](Cc4ccc(-c5ccc6c(c5)OCO6)nn4)cc3[nH]2)c1F. The second kappa shape index (κ2) is 7.59. The van der Waals surface area contributed by atoms with Gasteiger partial charge in [-0.1, -0.05) is 10.7 Å². The molecule has 33 heavy (non-hydrogen) atoms. The maximum atomic E-state index is 14.1. The summed E-state index contributed by atoms with van der Waals surface area (Å²) in [5, 5.41) is 12.9. The predicted octanol–water partition coefficient (Wildman–Crippen LogP) is 3.42. The molecule has 10 heteroatoms. The third-order valence-corrected chi connectivity index (χ3v) is 5.29. The van der Waals surface area contributed by atoms with Gasteiger partial charge in [0.2, 0.25) is 19.5 Å². The van der Waals surface area contributed by atoms with E-state index in [0.717, 1.165) is 11.6 Å². The van der Waals surface area contributed by atoms with Crippen LogP contribution in [0.25, 0.3) is 33.7 Å². The molecule has 5 aromatic rings. The number of aromatic nitrogens is 6. The van der Waals surface area contributed by atoms with Crippen molar-refractivity contribution in [2.45, 2.75) is 6.54 Å². The highest BCUT2D eigenvalue weighted by Crippen LogP contribution is 2.35. The van der Waals surface area contributed by atoms with Crippen molar-refractivity contribution >= 4 is 11.0 Å². The molecule has 0 bridgehead atoms. The average Bonchev–Trinajstić information content (AvgIpc) is 3.47. The smallest absolute Gasteiger partial charge is 0.231 e. The number of fused-ring (bicyclic) bond motifs is 2. The molecule has 2 aromatic carbocycles. The summed E-state index contributed by atoms with van der Waals surface area (Å²) in [5.74, 6) is -0.250. The van der Waals surface area contributed by atoms with Crippen molar-refractivity contribution in [3.8, 4) is 34.1 Å². The number of benzene rings is 2. The van der Waals surface area contributed by atoms with Crippen molar-refractivity contribution in [3.63, 3.8) is 0 Å². The summed E-state index contributed by atoms with van der Waals surface area (Å²) in [6.07, 6.45) is 3.29. The highest BCUT2D eigenvalue weighted by Gasteiger charge is 2.17. The lowest BCUT2D eigenvalue weighted by atomic mass is 10.1. The number of imidazole rings is 1. The van der Waals surface area contributed by atoms with E-state index in [-0.39, 0.29) is 18.2 Å². The molecule has 8 nitrogen and oxygen atoms in total. The third-order valence-electron chi connectivity index (χ3n) is 5.29. The molecule has 0 aliphatic carbocycles. The second-order valence-electron chi connectivity index (χ2n) is 7.43. The Bertz CT molecular complexity index is 1500. The summed E-state index contributed by atoms with van der Waals surface area (Å²) in [7, 11) is 0. The van der Waals surface area contributed by atoms with Gasteiger partial charge in [0.15, 0.2) is 23.1 Å². The van der Waals surface area contributed by atoms with Crippen LogP contribution in [-0.4, -0.2) is 32.1 Å². The Morgan fingerprint density at radius 2 is 1.91 bits per heavy atom. The van der Waals surface area contributed by atoms with Gasteiger partial charge in [-0.2, -0.15) is 5.10 Å². The average molecular weight is 445 g/mol. The van der Waals surface area contributed by atoms with Crippen LogP contribution in [0.4, 0.5) is 8.78 Å². The van der Waals surface area contributed by atoms with Crippen molar-refractivity contribution < 1.29 is 22.9 Å². The molecule has 6 rings (SSSR count). The van der Waals surface area contributed by atoms with Gasteiger partial charge in [0.1, 0.15) is 28.7 Å². The molecule has 0 spiro atoms. The fraction of sp³-hybridized carbons (Fsp3) is 0.0870. The van der Waals surface area contributed by atoms with Crippen molar-refractivity contribution in [1.82, 2.24) is 25.3 Å². The van der Waals surface area contributed by atoms with Gasteiger partial charge in [0.25, 0.3) is 0 Å². The Morgan fingerprint density at radius 1 is 1.00 bits per heavy atom. The van der Waals surface area contributed by atoms with Crippen LogP contribution in [0.5, 0.6) is 11.5 Å². The molecule has 0 radical (unpaired) electrons. The van der Waals surface area contributed by atoms with Crippen LogP contribution in [0.1, 0.15) is 5.69 Å². The van der Waals surface area contributed by atoms with Gasteiger partial charge in [-0.05, 0) is 47.6 Å². The summed E-state index contributed by atoms with van der Waals surface area (Å²) in [4.78, 5) is 7.34. The Morgan fingerprint density at radius 3 is 2.79 bits per heavy atom. The lowest BCUT2D eigenvalue weighted by molar-refractivity contribution is -0.745. The number of H-pyrrole nitrogens is 1. The monoisotopic (exact) mass is 445 g/mol. The summed E-state index contributed by atoms with van der Waals surface area (Å²) in [5.41, 5.74) is 3.51. The van der Waals surface area contributed by atoms with E-state index in [1.165, 1.54) is 12.1 Å². The Hall–Kier alpha value is -4.47. The van der Waals surface area contributed by atoms with Crippen molar-refractivity contribution in [2.75, 3.05) is 6.79 Å². The first-order chi connectivity index (χ1) is 16.1. The molecule has 3 aromatic heterocycles. The predicted molar refractivity (Wildman–Crippen MR) is 112 cm³/mol. The van der Waals surface area contributed by atoms with Crippen LogP contribution in [-0.2, 0) is 6.54 Å². The molecule has 0 saturated carbocycles. The minimum atomic E-state index is -0.949. The third kappa shape index (κ3) is 3.51. The number of halogens is 2. The van der Waals surface area contributed by atoms with Gasteiger partial charge in [0.05, 0.1) is 11.3 Å². The number of hydrogen-bond donors (Lipinski definition) is 1. The van der Waals surface area contributed by atoms with Crippen LogP contribution >= 0.6 is 0 Å². The number of hydrogen-bond acceptors (Lipinski definition) is 6. The lowest BCUT2D eigenvalue weighted by Crippen LogP contribution is -2.38. The molecule has 162 valence electrons. The molecule has 0 atom stereocenters. The van der Waals surface area contributed by atoms with E-state index < -0.39 is 11.6 Å². The standard InChI is InChI=1S/C23H14F2N6O2/c24-16-3-1-2-15(22(16)25)23-27-18-9-26-31(11-19(18)28-23)10-14-5-6-17(30-29-14)13-4-7-20-21(8-13)33-12-32-20/h1-9,11H,10,12H2/p+1. The van der Waals surface area contributed by atoms with E-state index in [0.29, 0.717) is 40.5 Å². The largest absolute Gasteiger partial charge is 0.454 e. The van der Waals surface area contributed by atoms with E-state index >= 15 is 0 Å². The summed E-state index contributed by atoms with van der Waals surface area (Å²) in [6.45, 7) is 0.583. The quantitative estimate of drug-likeness (QED) is 0.427. The Labute approximate surface area is 185 Å². The number of ether oxygens (including phenoxy) is 2.